The molecule has 0 bridgehead atoms. The maximum absolute atomic E-state index is 5.75. The smallest absolute Gasteiger partial charge is 0.221 e. The molecule has 0 saturated heterocycles. The SMILES string of the molecule is CC(C)(C)c1ccc2c(n1)OCC1=C2CC=C1. The summed E-state index contributed by atoms with van der Waals surface area (Å²) in [5.74, 6) is 0.805. The summed E-state index contributed by atoms with van der Waals surface area (Å²) in [5.41, 5.74) is 5.03. The number of hydrogen-bond donors (Lipinski definition) is 0. The predicted molar refractivity (Wildman–Crippen MR) is 69.1 cm³/mol. The van der Waals surface area contributed by atoms with E-state index >= 15 is 0 Å². The lowest BCUT2D eigenvalue weighted by Gasteiger charge is -2.23. The molecule has 2 aliphatic rings. The van der Waals surface area contributed by atoms with Crippen molar-refractivity contribution in [2.45, 2.75) is 32.6 Å². The highest BCUT2D eigenvalue weighted by molar-refractivity contribution is 5.79. The van der Waals surface area contributed by atoms with Crippen molar-refractivity contribution in [2.75, 3.05) is 6.61 Å². The average molecular weight is 227 g/mol. The van der Waals surface area contributed by atoms with Crippen LogP contribution in [0.1, 0.15) is 38.4 Å². The van der Waals surface area contributed by atoms with Crippen LogP contribution in [0, 0.1) is 0 Å². The van der Waals surface area contributed by atoms with Gasteiger partial charge in [0, 0.05) is 16.7 Å². The number of rotatable bonds is 0. The minimum absolute atomic E-state index is 0.0704. The van der Waals surface area contributed by atoms with E-state index in [1.54, 1.807) is 0 Å². The van der Waals surface area contributed by atoms with Crippen LogP contribution in [0.2, 0.25) is 0 Å². The van der Waals surface area contributed by atoms with Crippen LogP contribution < -0.4 is 4.74 Å². The monoisotopic (exact) mass is 227 g/mol. The van der Waals surface area contributed by atoms with E-state index in [4.69, 9.17) is 4.74 Å². The third-order valence-corrected chi connectivity index (χ3v) is 3.35. The summed E-state index contributed by atoms with van der Waals surface area (Å²) in [5, 5.41) is 0. The number of hydrogen-bond acceptors (Lipinski definition) is 2. The van der Waals surface area contributed by atoms with Crippen molar-refractivity contribution >= 4 is 5.57 Å². The van der Waals surface area contributed by atoms with Crippen molar-refractivity contribution in [3.05, 3.63) is 41.1 Å². The maximum Gasteiger partial charge on any atom is 0.221 e. The highest BCUT2D eigenvalue weighted by Gasteiger charge is 2.24. The van der Waals surface area contributed by atoms with Gasteiger partial charge < -0.3 is 4.74 Å². The van der Waals surface area contributed by atoms with Gasteiger partial charge in [0.15, 0.2) is 0 Å². The Balaban J connectivity index is 2.08. The standard InChI is InChI=1S/C15H17NO/c1-15(2,3)13-8-7-12-11-6-4-5-10(11)9-17-14(12)16-13/h4-5,7-8H,6,9H2,1-3H3. The normalized spacial score (nSPS) is 17.8. The number of nitrogens with zero attached hydrogens (tertiary/aromatic N) is 1. The molecule has 0 unspecified atom stereocenters. The van der Waals surface area contributed by atoms with Gasteiger partial charge in [-0.1, -0.05) is 32.9 Å². The number of pyridine rings is 1. The zero-order valence-electron chi connectivity index (χ0n) is 10.6. The van der Waals surface area contributed by atoms with E-state index in [-0.39, 0.29) is 5.41 Å². The Morgan fingerprint density at radius 3 is 2.82 bits per heavy atom. The van der Waals surface area contributed by atoms with E-state index in [1.165, 1.54) is 16.7 Å². The summed E-state index contributed by atoms with van der Waals surface area (Å²) in [6.45, 7) is 7.19. The van der Waals surface area contributed by atoms with E-state index in [0.29, 0.717) is 6.61 Å². The highest BCUT2D eigenvalue weighted by atomic mass is 16.5. The van der Waals surface area contributed by atoms with E-state index in [2.05, 4.69) is 50.0 Å². The molecule has 0 aromatic carbocycles. The van der Waals surface area contributed by atoms with Crippen molar-refractivity contribution in [2.24, 2.45) is 0 Å². The van der Waals surface area contributed by atoms with Gasteiger partial charge in [0.1, 0.15) is 6.61 Å². The van der Waals surface area contributed by atoms with Crippen molar-refractivity contribution < 1.29 is 4.74 Å². The predicted octanol–water partition coefficient (Wildman–Crippen LogP) is 3.49. The summed E-state index contributed by atoms with van der Waals surface area (Å²) in [6.07, 6.45) is 5.37. The first-order valence-corrected chi connectivity index (χ1v) is 6.09. The van der Waals surface area contributed by atoms with E-state index in [1.807, 2.05) is 0 Å². The van der Waals surface area contributed by atoms with Gasteiger partial charge in [0.25, 0.3) is 0 Å². The van der Waals surface area contributed by atoms with E-state index in [0.717, 1.165) is 18.0 Å². The Hall–Kier alpha value is -1.57. The van der Waals surface area contributed by atoms with Crippen LogP contribution in [-0.4, -0.2) is 11.6 Å². The summed E-state index contributed by atoms with van der Waals surface area (Å²) in [4.78, 5) is 4.66. The molecule has 0 saturated carbocycles. The third kappa shape index (κ3) is 1.68. The quantitative estimate of drug-likeness (QED) is 0.677. The van der Waals surface area contributed by atoms with Gasteiger partial charge >= 0.3 is 0 Å². The van der Waals surface area contributed by atoms with Crippen LogP contribution in [0.25, 0.3) is 5.57 Å². The number of aromatic nitrogens is 1. The van der Waals surface area contributed by atoms with Crippen LogP contribution >= 0.6 is 0 Å². The van der Waals surface area contributed by atoms with E-state index < -0.39 is 0 Å². The Morgan fingerprint density at radius 1 is 1.24 bits per heavy atom. The maximum atomic E-state index is 5.75. The van der Waals surface area contributed by atoms with E-state index in [9.17, 15) is 0 Å². The molecule has 2 nitrogen and oxygen atoms in total. The van der Waals surface area contributed by atoms with Crippen molar-refractivity contribution in [1.29, 1.82) is 0 Å². The van der Waals surface area contributed by atoms with Gasteiger partial charge in [-0.25, -0.2) is 4.98 Å². The second kappa shape index (κ2) is 3.46. The van der Waals surface area contributed by atoms with Crippen LogP contribution in [0.4, 0.5) is 0 Å². The summed E-state index contributed by atoms with van der Waals surface area (Å²) in [6, 6.07) is 4.28. The molecular formula is C15H17NO. The Labute approximate surface area is 102 Å². The van der Waals surface area contributed by atoms with Crippen molar-refractivity contribution in [1.82, 2.24) is 4.98 Å². The molecule has 2 heterocycles. The van der Waals surface area contributed by atoms with Gasteiger partial charge in [-0.05, 0) is 29.7 Å². The van der Waals surface area contributed by atoms with Gasteiger partial charge in [0.05, 0.1) is 0 Å². The molecule has 0 spiro atoms. The third-order valence-electron chi connectivity index (χ3n) is 3.35. The number of ether oxygens (including phenoxy) is 1. The lowest BCUT2D eigenvalue weighted by molar-refractivity contribution is 0.332. The minimum Gasteiger partial charge on any atom is -0.472 e. The Kier molecular flexibility index (Phi) is 2.15. The van der Waals surface area contributed by atoms with Crippen molar-refractivity contribution in [3.8, 4) is 5.88 Å². The second-order valence-corrected chi connectivity index (χ2v) is 5.70. The van der Waals surface area contributed by atoms with Crippen LogP contribution in [0.5, 0.6) is 5.88 Å². The first kappa shape index (κ1) is 10.6. The van der Waals surface area contributed by atoms with Crippen LogP contribution in [0.3, 0.4) is 0 Å². The van der Waals surface area contributed by atoms with Gasteiger partial charge in [0.2, 0.25) is 5.88 Å². The first-order valence-electron chi connectivity index (χ1n) is 6.09. The fourth-order valence-corrected chi connectivity index (χ4v) is 2.31. The first-order chi connectivity index (χ1) is 8.05. The van der Waals surface area contributed by atoms with Crippen molar-refractivity contribution in [3.63, 3.8) is 0 Å². The molecule has 1 aliphatic carbocycles. The average Bonchev–Trinajstić information content (AvgIpc) is 2.75. The molecule has 0 radical (unpaired) electrons. The van der Waals surface area contributed by atoms with Crippen LogP contribution in [0.15, 0.2) is 29.9 Å². The molecular weight excluding hydrogens is 210 g/mol. The Bertz CT molecular complexity index is 532. The zero-order valence-corrected chi connectivity index (χ0v) is 10.6. The molecule has 17 heavy (non-hydrogen) atoms. The van der Waals surface area contributed by atoms with Gasteiger partial charge in [-0.2, -0.15) is 0 Å². The molecule has 3 rings (SSSR count). The number of allylic oxidation sites excluding steroid dienone is 2. The minimum atomic E-state index is 0.0704. The molecule has 0 amide bonds. The molecule has 0 atom stereocenters. The fourth-order valence-electron chi connectivity index (χ4n) is 2.31. The second-order valence-electron chi connectivity index (χ2n) is 5.70. The molecule has 88 valence electrons. The van der Waals surface area contributed by atoms with Gasteiger partial charge in [-0.15, -0.1) is 0 Å². The summed E-state index contributed by atoms with van der Waals surface area (Å²) < 4.78 is 5.75. The lowest BCUT2D eigenvalue weighted by atomic mass is 9.90. The summed E-state index contributed by atoms with van der Waals surface area (Å²) in [7, 11) is 0. The fraction of sp³-hybridized carbons (Fsp3) is 0.400. The summed E-state index contributed by atoms with van der Waals surface area (Å²) >= 11 is 0. The largest absolute Gasteiger partial charge is 0.472 e. The molecule has 0 N–H and O–H groups in total. The topological polar surface area (TPSA) is 22.1 Å². The Morgan fingerprint density at radius 2 is 2.06 bits per heavy atom. The lowest BCUT2D eigenvalue weighted by Crippen LogP contribution is -2.17. The molecule has 2 heteroatoms. The van der Waals surface area contributed by atoms with Crippen LogP contribution in [-0.2, 0) is 5.41 Å². The van der Waals surface area contributed by atoms with Gasteiger partial charge in [-0.3, -0.25) is 0 Å². The number of fused-ring (bicyclic) bond motifs is 2. The molecule has 1 aromatic heterocycles. The molecule has 1 aliphatic heterocycles. The molecule has 1 aromatic rings. The zero-order chi connectivity index (χ0) is 12.0. The highest BCUT2D eigenvalue weighted by Crippen LogP contribution is 2.38. The molecule has 0 fully saturated rings.